The molecule has 0 fully saturated rings. The Balaban J connectivity index is 2.78. The molecule has 0 aliphatic carbocycles. The zero-order chi connectivity index (χ0) is 10.6. The maximum atomic E-state index is 11.2. The van der Waals surface area contributed by atoms with Crippen molar-refractivity contribution in [2.75, 3.05) is 6.61 Å². The summed E-state index contributed by atoms with van der Waals surface area (Å²) in [4.78, 5) is 11.2. The van der Waals surface area contributed by atoms with Gasteiger partial charge in [0.25, 0.3) is 0 Å². The SMILES string of the molecule is CCOC(=O)C(O)c1cccc(C)c1. The van der Waals surface area contributed by atoms with Crippen molar-refractivity contribution in [3.63, 3.8) is 0 Å². The molecule has 0 spiro atoms. The Morgan fingerprint density at radius 2 is 2.29 bits per heavy atom. The molecule has 1 rings (SSSR count). The molecular weight excluding hydrogens is 180 g/mol. The summed E-state index contributed by atoms with van der Waals surface area (Å²) in [7, 11) is 0. The molecule has 1 aromatic rings. The second-order valence-electron chi connectivity index (χ2n) is 3.07. The molecule has 0 aliphatic heterocycles. The molecular formula is C11H14O3. The fraction of sp³-hybridized carbons (Fsp3) is 0.364. The number of aliphatic hydroxyl groups is 1. The molecule has 3 heteroatoms. The number of hydrogen-bond donors (Lipinski definition) is 1. The number of aryl methyl sites for hydroxylation is 1. The molecule has 1 aromatic carbocycles. The van der Waals surface area contributed by atoms with Crippen molar-refractivity contribution < 1.29 is 14.6 Å². The summed E-state index contributed by atoms with van der Waals surface area (Å²) in [6, 6.07) is 7.17. The molecule has 1 unspecified atom stereocenters. The molecule has 0 heterocycles. The van der Waals surface area contributed by atoms with Crippen LogP contribution >= 0.6 is 0 Å². The molecule has 3 nitrogen and oxygen atoms in total. The smallest absolute Gasteiger partial charge is 0.339 e. The molecule has 0 aromatic heterocycles. The van der Waals surface area contributed by atoms with E-state index in [0.717, 1.165) is 5.56 Å². The van der Waals surface area contributed by atoms with Crippen LogP contribution in [-0.4, -0.2) is 17.7 Å². The van der Waals surface area contributed by atoms with E-state index in [1.807, 2.05) is 13.0 Å². The van der Waals surface area contributed by atoms with E-state index in [1.54, 1.807) is 25.1 Å². The van der Waals surface area contributed by atoms with Crippen LogP contribution in [0.1, 0.15) is 24.2 Å². The number of rotatable bonds is 3. The van der Waals surface area contributed by atoms with E-state index in [9.17, 15) is 9.90 Å². The summed E-state index contributed by atoms with van der Waals surface area (Å²) in [6.07, 6.45) is -1.17. The third kappa shape index (κ3) is 2.57. The third-order valence-electron chi connectivity index (χ3n) is 1.87. The summed E-state index contributed by atoms with van der Waals surface area (Å²) in [6.45, 7) is 3.89. The normalized spacial score (nSPS) is 12.2. The van der Waals surface area contributed by atoms with Crippen molar-refractivity contribution in [2.45, 2.75) is 20.0 Å². The lowest BCUT2D eigenvalue weighted by atomic mass is 10.1. The minimum absolute atomic E-state index is 0.279. The number of carbonyl (C=O) groups is 1. The second-order valence-corrected chi connectivity index (χ2v) is 3.07. The number of esters is 1. The van der Waals surface area contributed by atoms with E-state index in [-0.39, 0.29) is 6.61 Å². The van der Waals surface area contributed by atoms with Crippen LogP contribution in [-0.2, 0) is 9.53 Å². The first-order chi connectivity index (χ1) is 6.65. The van der Waals surface area contributed by atoms with Gasteiger partial charge >= 0.3 is 5.97 Å². The van der Waals surface area contributed by atoms with Gasteiger partial charge < -0.3 is 9.84 Å². The van der Waals surface area contributed by atoms with E-state index in [0.29, 0.717) is 5.56 Å². The Bertz CT molecular complexity index is 320. The molecule has 76 valence electrons. The summed E-state index contributed by atoms with van der Waals surface area (Å²) in [5.74, 6) is -0.599. The average Bonchev–Trinajstić information content (AvgIpc) is 2.17. The third-order valence-corrected chi connectivity index (χ3v) is 1.87. The minimum atomic E-state index is -1.17. The van der Waals surface area contributed by atoms with E-state index in [2.05, 4.69) is 0 Å². The van der Waals surface area contributed by atoms with Crippen molar-refractivity contribution in [3.05, 3.63) is 35.4 Å². The van der Waals surface area contributed by atoms with Crippen LogP contribution in [0.2, 0.25) is 0 Å². The maximum Gasteiger partial charge on any atom is 0.339 e. The van der Waals surface area contributed by atoms with Crippen molar-refractivity contribution in [1.29, 1.82) is 0 Å². The summed E-state index contributed by atoms with van der Waals surface area (Å²) in [5, 5.41) is 9.57. The monoisotopic (exact) mass is 194 g/mol. The van der Waals surface area contributed by atoms with E-state index < -0.39 is 12.1 Å². The Labute approximate surface area is 83.3 Å². The van der Waals surface area contributed by atoms with E-state index in [1.165, 1.54) is 0 Å². The summed E-state index contributed by atoms with van der Waals surface area (Å²) >= 11 is 0. The van der Waals surface area contributed by atoms with Gasteiger partial charge in [0.15, 0.2) is 6.10 Å². The van der Waals surface area contributed by atoms with Gasteiger partial charge in [-0.1, -0.05) is 29.8 Å². The first-order valence-electron chi connectivity index (χ1n) is 4.56. The molecule has 0 saturated heterocycles. The molecule has 14 heavy (non-hydrogen) atoms. The average molecular weight is 194 g/mol. The highest BCUT2D eigenvalue weighted by molar-refractivity contribution is 5.76. The second kappa shape index (κ2) is 4.77. The molecule has 0 radical (unpaired) electrons. The van der Waals surface area contributed by atoms with E-state index >= 15 is 0 Å². The molecule has 0 amide bonds. The summed E-state index contributed by atoms with van der Waals surface area (Å²) in [5.41, 5.74) is 1.58. The van der Waals surface area contributed by atoms with Crippen molar-refractivity contribution in [3.8, 4) is 0 Å². The molecule has 1 N–H and O–H groups in total. The number of ether oxygens (including phenoxy) is 1. The largest absolute Gasteiger partial charge is 0.464 e. The van der Waals surface area contributed by atoms with Gasteiger partial charge in [-0.15, -0.1) is 0 Å². The number of benzene rings is 1. The quantitative estimate of drug-likeness (QED) is 0.743. The highest BCUT2D eigenvalue weighted by Crippen LogP contribution is 2.15. The topological polar surface area (TPSA) is 46.5 Å². The van der Waals surface area contributed by atoms with Crippen LogP contribution in [0, 0.1) is 6.92 Å². The van der Waals surface area contributed by atoms with Gasteiger partial charge in [0.1, 0.15) is 0 Å². The van der Waals surface area contributed by atoms with Crippen LogP contribution in [0.5, 0.6) is 0 Å². The van der Waals surface area contributed by atoms with Crippen molar-refractivity contribution in [2.24, 2.45) is 0 Å². The van der Waals surface area contributed by atoms with Gasteiger partial charge in [-0.2, -0.15) is 0 Å². The Kier molecular flexibility index (Phi) is 3.65. The molecule has 1 atom stereocenters. The minimum Gasteiger partial charge on any atom is -0.464 e. The number of hydrogen-bond acceptors (Lipinski definition) is 3. The lowest BCUT2D eigenvalue weighted by molar-refractivity contribution is -0.153. The first-order valence-corrected chi connectivity index (χ1v) is 4.56. The Hall–Kier alpha value is -1.35. The fourth-order valence-electron chi connectivity index (χ4n) is 1.20. The fourth-order valence-corrected chi connectivity index (χ4v) is 1.20. The van der Waals surface area contributed by atoms with Gasteiger partial charge in [-0.25, -0.2) is 4.79 Å². The Morgan fingerprint density at radius 1 is 1.57 bits per heavy atom. The van der Waals surface area contributed by atoms with Crippen LogP contribution < -0.4 is 0 Å². The zero-order valence-electron chi connectivity index (χ0n) is 8.36. The number of carbonyl (C=O) groups excluding carboxylic acids is 1. The predicted molar refractivity (Wildman–Crippen MR) is 52.8 cm³/mol. The standard InChI is InChI=1S/C11H14O3/c1-3-14-11(13)10(12)9-6-4-5-8(2)7-9/h4-7,10,12H,3H2,1-2H3. The van der Waals surface area contributed by atoms with Gasteiger partial charge in [0.2, 0.25) is 0 Å². The summed E-state index contributed by atoms with van der Waals surface area (Å²) < 4.78 is 4.71. The van der Waals surface area contributed by atoms with Gasteiger partial charge in [-0.3, -0.25) is 0 Å². The molecule has 0 aliphatic rings. The highest BCUT2D eigenvalue weighted by atomic mass is 16.5. The molecule has 0 bridgehead atoms. The van der Waals surface area contributed by atoms with Crippen LogP contribution in [0.15, 0.2) is 24.3 Å². The number of aliphatic hydroxyl groups excluding tert-OH is 1. The first kappa shape index (κ1) is 10.7. The zero-order valence-corrected chi connectivity index (χ0v) is 8.36. The van der Waals surface area contributed by atoms with Crippen LogP contribution in [0.25, 0.3) is 0 Å². The van der Waals surface area contributed by atoms with Crippen molar-refractivity contribution >= 4 is 5.97 Å². The molecule has 0 saturated carbocycles. The van der Waals surface area contributed by atoms with Crippen molar-refractivity contribution in [1.82, 2.24) is 0 Å². The predicted octanol–water partition coefficient (Wildman–Crippen LogP) is 1.59. The highest BCUT2D eigenvalue weighted by Gasteiger charge is 2.17. The maximum absolute atomic E-state index is 11.2. The lowest BCUT2D eigenvalue weighted by Crippen LogP contribution is -2.15. The lowest BCUT2D eigenvalue weighted by Gasteiger charge is -2.09. The van der Waals surface area contributed by atoms with Gasteiger partial charge in [0.05, 0.1) is 6.61 Å². The van der Waals surface area contributed by atoms with Crippen LogP contribution in [0.4, 0.5) is 0 Å². The Morgan fingerprint density at radius 3 is 2.86 bits per heavy atom. The van der Waals surface area contributed by atoms with Crippen LogP contribution in [0.3, 0.4) is 0 Å². The van der Waals surface area contributed by atoms with E-state index in [4.69, 9.17) is 4.74 Å². The van der Waals surface area contributed by atoms with Gasteiger partial charge in [-0.05, 0) is 19.4 Å². The van der Waals surface area contributed by atoms with Gasteiger partial charge in [0, 0.05) is 0 Å².